The van der Waals surface area contributed by atoms with Crippen molar-refractivity contribution < 1.29 is 9.84 Å². The van der Waals surface area contributed by atoms with Gasteiger partial charge in [-0.3, -0.25) is 0 Å². The van der Waals surface area contributed by atoms with Gasteiger partial charge < -0.3 is 19.7 Å². The van der Waals surface area contributed by atoms with Crippen LogP contribution in [0.2, 0.25) is 0 Å². The second-order valence-electron chi connectivity index (χ2n) is 5.00. The fraction of sp³-hybridized carbons (Fsp3) is 0.438. The van der Waals surface area contributed by atoms with Crippen LogP contribution in [0.15, 0.2) is 43.0 Å². The standard InChI is InChI=1S/C16H23N3O2/c1-21-15-6-4-14(5-7-15)16(20)12-17-8-2-3-10-19-11-9-18-13-19/h4-7,9,11,13,16-17,20H,2-3,8,10,12H2,1H3. The molecular formula is C16H23N3O2. The smallest absolute Gasteiger partial charge is 0.118 e. The number of aryl methyl sites for hydroxylation is 1. The van der Waals surface area contributed by atoms with Gasteiger partial charge in [-0.05, 0) is 37.1 Å². The first kappa shape index (κ1) is 15.5. The predicted octanol–water partition coefficient (Wildman–Crippen LogP) is 2.00. The maximum Gasteiger partial charge on any atom is 0.118 e. The molecular weight excluding hydrogens is 266 g/mol. The summed E-state index contributed by atoms with van der Waals surface area (Å²) in [7, 11) is 1.64. The number of hydrogen-bond donors (Lipinski definition) is 2. The molecule has 0 bridgehead atoms. The molecule has 0 saturated carbocycles. The molecule has 2 aromatic rings. The molecule has 0 radical (unpaired) electrons. The van der Waals surface area contributed by atoms with Gasteiger partial charge in [-0.15, -0.1) is 0 Å². The molecule has 0 aliphatic carbocycles. The van der Waals surface area contributed by atoms with Gasteiger partial charge in [-0.25, -0.2) is 4.98 Å². The lowest BCUT2D eigenvalue weighted by molar-refractivity contribution is 0.174. The van der Waals surface area contributed by atoms with Crippen molar-refractivity contribution in [3.63, 3.8) is 0 Å². The van der Waals surface area contributed by atoms with E-state index in [-0.39, 0.29) is 0 Å². The third kappa shape index (κ3) is 5.21. The maximum atomic E-state index is 10.1. The van der Waals surface area contributed by atoms with E-state index in [1.165, 1.54) is 0 Å². The van der Waals surface area contributed by atoms with Gasteiger partial charge in [0, 0.05) is 25.5 Å². The van der Waals surface area contributed by atoms with Crippen LogP contribution in [-0.4, -0.2) is 34.9 Å². The number of methoxy groups -OCH3 is 1. The van der Waals surface area contributed by atoms with Gasteiger partial charge in [0.1, 0.15) is 5.75 Å². The van der Waals surface area contributed by atoms with Crippen LogP contribution < -0.4 is 10.1 Å². The van der Waals surface area contributed by atoms with Crippen molar-refractivity contribution in [3.8, 4) is 5.75 Å². The molecule has 2 N–H and O–H groups in total. The monoisotopic (exact) mass is 289 g/mol. The maximum absolute atomic E-state index is 10.1. The Kier molecular flexibility index (Phi) is 6.24. The molecule has 1 heterocycles. The third-order valence-electron chi connectivity index (χ3n) is 3.42. The summed E-state index contributed by atoms with van der Waals surface area (Å²) in [5.41, 5.74) is 0.904. The molecule has 1 aromatic carbocycles. The zero-order chi connectivity index (χ0) is 14.9. The van der Waals surface area contributed by atoms with E-state index in [0.717, 1.165) is 37.2 Å². The molecule has 1 aromatic heterocycles. The van der Waals surface area contributed by atoms with E-state index in [4.69, 9.17) is 4.74 Å². The van der Waals surface area contributed by atoms with Crippen molar-refractivity contribution in [2.45, 2.75) is 25.5 Å². The number of nitrogens with zero attached hydrogens (tertiary/aromatic N) is 2. The first-order chi connectivity index (χ1) is 10.3. The highest BCUT2D eigenvalue weighted by molar-refractivity contribution is 5.28. The number of ether oxygens (including phenoxy) is 1. The van der Waals surface area contributed by atoms with Crippen molar-refractivity contribution in [3.05, 3.63) is 48.5 Å². The van der Waals surface area contributed by atoms with Crippen molar-refractivity contribution in [1.82, 2.24) is 14.9 Å². The number of imidazole rings is 1. The third-order valence-corrected chi connectivity index (χ3v) is 3.42. The molecule has 0 saturated heterocycles. The molecule has 0 aliphatic rings. The Balaban J connectivity index is 1.59. The summed E-state index contributed by atoms with van der Waals surface area (Å²) in [6, 6.07) is 7.52. The Morgan fingerprint density at radius 3 is 2.76 bits per heavy atom. The van der Waals surface area contributed by atoms with Crippen molar-refractivity contribution >= 4 is 0 Å². The quantitative estimate of drug-likeness (QED) is 0.693. The molecule has 0 amide bonds. The van der Waals surface area contributed by atoms with E-state index < -0.39 is 6.10 Å². The van der Waals surface area contributed by atoms with Gasteiger partial charge in [0.15, 0.2) is 0 Å². The summed E-state index contributed by atoms with van der Waals surface area (Å²) in [5, 5.41) is 13.4. The molecule has 0 aliphatic heterocycles. The lowest BCUT2D eigenvalue weighted by Crippen LogP contribution is -2.22. The lowest BCUT2D eigenvalue weighted by atomic mass is 10.1. The Bertz CT molecular complexity index is 497. The number of benzene rings is 1. The summed E-state index contributed by atoms with van der Waals surface area (Å²) in [6.45, 7) is 2.46. The second kappa shape index (κ2) is 8.44. The first-order valence-electron chi connectivity index (χ1n) is 7.28. The zero-order valence-electron chi connectivity index (χ0n) is 12.4. The largest absolute Gasteiger partial charge is 0.497 e. The Labute approximate surface area is 125 Å². The number of unbranched alkanes of at least 4 members (excludes halogenated alkanes) is 1. The molecule has 5 nitrogen and oxygen atoms in total. The van der Waals surface area contributed by atoms with Crippen LogP contribution in [0.1, 0.15) is 24.5 Å². The molecule has 0 fully saturated rings. The molecule has 0 spiro atoms. The van der Waals surface area contributed by atoms with Gasteiger partial charge in [-0.1, -0.05) is 12.1 Å². The van der Waals surface area contributed by atoms with Crippen LogP contribution in [0.5, 0.6) is 5.75 Å². The Hall–Kier alpha value is -1.85. The van der Waals surface area contributed by atoms with Gasteiger partial charge >= 0.3 is 0 Å². The number of hydrogen-bond acceptors (Lipinski definition) is 4. The van der Waals surface area contributed by atoms with Crippen molar-refractivity contribution in [2.75, 3.05) is 20.2 Å². The van der Waals surface area contributed by atoms with E-state index >= 15 is 0 Å². The number of aromatic nitrogens is 2. The normalized spacial score (nSPS) is 12.3. The predicted molar refractivity (Wildman–Crippen MR) is 82.3 cm³/mol. The highest BCUT2D eigenvalue weighted by Crippen LogP contribution is 2.16. The molecule has 1 unspecified atom stereocenters. The fourth-order valence-corrected chi connectivity index (χ4v) is 2.15. The average Bonchev–Trinajstić information content (AvgIpc) is 3.04. The van der Waals surface area contributed by atoms with Gasteiger partial charge in [0.25, 0.3) is 0 Å². The summed E-state index contributed by atoms with van der Waals surface area (Å²) in [4.78, 5) is 4.01. The summed E-state index contributed by atoms with van der Waals surface area (Å²) < 4.78 is 7.18. The Morgan fingerprint density at radius 2 is 2.10 bits per heavy atom. The second-order valence-corrected chi connectivity index (χ2v) is 5.00. The van der Waals surface area contributed by atoms with Crippen LogP contribution in [-0.2, 0) is 6.54 Å². The van der Waals surface area contributed by atoms with Crippen molar-refractivity contribution in [2.24, 2.45) is 0 Å². The molecule has 1 atom stereocenters. The van der Waals surface area contributed by atoms with Crippen LogP contribution >= 0.6 is 0 Å². The van der Waals surface area contributed by atoms with E-state index in [1.807, 2.05) is 36.8 Å². The molecule has 114 valence electrons. The average molecular weight is 289 g/mol. The topological polar surface area (TPSA) is 59.3 Å². The molecule has 5 heteroatoms. The summed E-state index contributed by atoms with van der Waals surface area (Å²) >= 11 is 0. The summed E-state index contributed by atoms with van der Waals surface area (Å²) in [6.07, 6.45) is 7.30. The molecule has 21 heavy (non-hydrogen) atoms. The number of rotatable bonds is 9. The highest BCUT2D eigenvalue weighted by Gasteiger charge is 2.06. The first-order valence-corrected chi connectivity index (χ1v) is 7.28. The van der Waals surface area contributed by atoms with Crippen LogP contribution in [0.4, 0.5) is 0 Å². The number of nitrogens with one attached hydrogen (secondary N) is 1. The van der Waals surface area contributed by atoms with Crippen LogP contribution in [0.3, 0.4) is 0 Å². The Morgan fingerprint density at radius 1 is 1.29 bits per heavy atom. The van der Waals surface area contributed by atoms with Gasteiger partial charge in [-0.2, -0.15) is 0 Å². The zero-order valence-corrected chi connectivity index (χ0v) is 12.4. The summed E-state index contributed by atoms with van der Waals surface area (Å²) in [5.74, 6) is 0.804. The van der Waals surface area contributed by atoms with E-state index in [2.05, 4.69) is 14.9 Å². The number of aliphatic hydroxyl groups excluding tert-OH is 1. The molecule has 2 rings (SSSR count). The minimum absolute atomic E-state index is 0.482. The highest BCUT2D eigenvalue weighted by atomic mass is 16.5. The number of aliphatic hydroxyl groups is 1. The van der Waals surface area contributed by atoms with E-state index in [0.29, 0.717) is 6.54 Å². The van der Waals surface area contributed by atoms with Gasteiger partial charge in [0.05, 0.1) is 19.5 Å². The van der Waals surface area contributed by atoms with Gasteiger partial charge in [0.2, 0.25) is 0 Å². The lowest BCUT2D eigenvalue weighted by Gasteiger charge is -2.12. The van der Waals surface area contributed by atoms with Crippen LogP contribution in [0, 0.1) is 0 Å². The fourth-order valence-electron chi connectivity index (χ4n) is 2.15. The van der Waals surface area contributed by atoms with Crippen molar-refractivity contribution in [1.29, 1.82) is 0 Å². The van der Waals surface area contributed by atoms with E-state index in [9.17, 15) is 5.11 Å². The SMILES string of the molecule is COc1ccc(C(O)CNCCCCn2ccnc2)cc1. The minimum Gasteiger partial charge on any atom is -0.497 e. The van der Waals surface area contributed by atoms with Crippen LogP contribution in [0.25, 0.3) is 0 Å². The minimum atomic E-state index is -0.482. The van der Waals surface area contributed by atoms with E-state index in [1.54, 1.807) is 13.3 Å².